The fourth-order valence-corrected chi connectivity index (χ4v) is 3.46. The Bertz CT molecular complexity index is 1190. The third-order valence-electron chi connectivity index (χ3n) is 4.55. The zero-order chi connectivity index (χ0) is 18.3. The quantitative estimate of drug-likeness (QED) is 0.546. The number of fused-ring (bicyclic) bond motifs is 2. The number of rotatable bonds is 3. The molecule has 0 aliphatic heterocycles. The van der Waals surface area contributed by atoms with E-state index in [2.05, 4.69) is 0 Å². The van der Waals surface area contributed by atoms with Crippen LogP contribution in [0.4, 0.5) is 0 Å². The van der Waals surface area contributed by atoms with E-state index in [9.17, 15) is 19.8 Å². The highest BCUT2D eigenvalue weighted by molar-refractivity contribution is 6.17. The third-order valence-corrected chi connectivity index (χ3v) is 4.55. The zero-order valence-electron chi connectivity index (χ0n) is 13.6. The standard InChI is InChI=1S/C22H14O4/c23-21(24)18-12-14-7-2-4-10-16(14)19(20(18)22(25)26)17-11-5-8-13-6-1-3-9-15(13)17/h1-12H,(H,23,24)(H,25,26). The van der Waals surface area contributed by atoms with Gasteiger partial charge in [-0.1, -0.05) is 66.7 Å². The Morgan fingerprint density at radius 1 is 0.654 bits per heavy atom. The summed E-state index contributed by atoms with van der Waals surface area (Å²) in [7, 11) is 0. The Hall–Kier alpha value is -3.66. The van der Waals surface area contributed by atoms with E-state index in [4.69, 9.17) is 0 Å². The maximum absolute atomic E-state index is 12.0. The van der Waals surface area contributed by atoms with E-state index in [1.807, 2.05) is 54.6 Å². The maximum Gasteiger partial charge on any atom is 0.337 e. The first-order valence-corrected chi connectivity index (χ1v) is 8.08. The van der Waals surface area contributed by atoms with Gasteiger partial charge in [-0.3, -0.25) is 0 Å². The summed E-state index contributed by atoms with van der Waals surface area (Å²) in [4.78, 5) is 23.8. The number of carboxylic acids is 2. The molecule has 0 unspecified atom stereocenters. The van der Waals surface area contributed by atoms with E-state index >= 15 is 0 Å². The van der Waals surface area contributed by atoms with Gasteiger partial charge in [0.2, 0.25) is 0 Å². The normalized spacial score (nSPS) is 10.9. The summed E-state index contributed by atoms with van der Waals surface area (Å²) < 4.78 is 0. The van der Waals surface area contributed by atoms with Crippen molar-refractivity contribution >= 4 is 33.5 Å². The van der Waals surface area contributed by atoms with E-state index in [1.54, 1.807) is 12.1 Å². The first-order chi connectivity index (χ1) is 12.6. The number of hydrogen-bond acceptors (Lipinski definition) is 2. The molecule has 0 amide bonds. The van der Waals surface area contributed by atoms with Crippen LogP contribution in [0, 0.1) is 0 Å². The molecule has 0 radical (unpaired) electrons. The van der Waals surface area contributed by atoms with Gasteiger partial charge < -0.3 is 10.2 Å². The van der Waals surface area contributed by atoms with Crippen LogP contribution in [0.3, 0.4) is 0 Å². The minimum absolute atomic E-state index is 0.187. The highest BCUT2D eigenvalue weighted by atomic mass is 16.4. The van der Waals surface area contributed by atoms with E-state index in [0.29, 0.717) is 21.9 Å². The number of carboxylic acid groups (broad SMARTS) is 2. The van der Waals surface area contributed by atoms with Crippen molar-refractivity contribution in [2.24, 2.45) is 0 Å². The smallest absolute Gasteiger partial charge is 0.337 e. The summed E-state index contributed by atoms with van der Waals surface area (Å²) in [6, 6.07) is 22.0. The van der Waals surface area contributed by atoms with Gasteiger partial charge in [-0.15, -0.1) is 0 Å². The van der Waals surface area contributed by atoms with Crippen molar-refractivity contribution in [2.75, 3.05) is 0 Å². The molecule has 26 heavy (non-hydrogen) atoms. The Balaban J connectivity index is 2.25. The fraction of sp³-hybridized carbons (Fsp3) is 0. The highest BCUT2D eigenvalue weighted by Crippen LogP contribution is 2.38. The largest absolute Gasteiger partial charge is 0.478 e. The SMILES string of the molecule is O=C(O)c1cc2ccccc2c(-c2cccc3ccccc23)c1C(=O)O. The van der Waals surface area contributed by atoms with Crippen molar-refractivity contribution in [2.45, 2.75) is 0 Å². The van der Waals surface area contributed by atoms with Crippen LogP contribution in [-0.4, -0.2) is 22.2 Å². The molecule has 0 bridgehead atoms. The molecule has 4 nitrogen and oxygen atoms in total. The lowest BCUT2D eigenvalue weighted by molar-refractivity contribution is 0.0652. The molecular formula is C22H14O4. The highest BCUT2D eigenvalue weighted by Gasteiger charge is 2.24. The summed E-state index contributed by atoms with van der Waals surface area (Å²) in [5.74, 6) is -2.51. The molecular weight excluding hydrogens is 328 g/mol. The van der Waals surface area contributed by atoms with E-state index in [-0.39, 0.29) is 11.1 Å². The molecule has 0 aliphatic rings. The maximum atomic E-state index is 12.0. The molecule has 0 spiro atoms. The van der Waals surface area contributed by atoms with Crippen molar-refractivity contribution in [3.8, 4) is 11.1 Å². The monoisotopic (exact) mass is 342 g/mol. The van der Waals surface area contributed by atoms with Crippen molar-refractivity contribution in [1.29, 1.82) is 0 Å². The van der Waals surface area contributed by atoms with Gasteiger partial charge in [0, 0.05) is 5.56 Å². The second-order valence-corrected chi connectivity index (χ2v) is 6.03. The Kier molecular flexibility index (Phi) is 3.66. The van der Waals surface area contributed by atoms with Crippen LogP contribution in [0.1, 0.15) is 20.7 Å². The molecule has 4 heteroatoms. The molecule has 0 saturated carbocycles. The van der Waals surface area contributed by atoms with E-state index in [0.717, 1.165) is 10.8 Å². The summed E-state index contributed by atoms with van der Waals surface area (Å²) in [6.45, 7) is 0. The lowest BCUT2D eigenvalue weighted by atomic mass is 9.87. The summed E-state index contributed by atoms with van der Waals surface area (Å²) in [6.07, 6.45) is 0. The molecule has 4 rings (SSSR count). The molecule has 0 saturated heterocycles. The minimum Gasteiger partial charge on any atom is -0.478 e. The third kappa shape index (κ3) is 2.40. The zero-order valence-corrected chi connectivity index (χ0v) is 13.6. The predicted molar refractivity (Wildman–Crippen MR) is 101 cm³/mol. The van der Waals surface area contributed by atoms with Gasteiger partial charge in [-0.05, 0) is 33.2 Å². The number of aromatic carboxylic acids is 2. The van der Waals surface area contributed by atoms with Crippen molar-refractivity contribution in [3.63, 3.8) is 0 Å². The van der Waals surface area contributed by atoms with Crippen LogP contribution in [-0.2, 0) is 0 Å². The van der Waals surface area contributed by atoms with Gasteiger partial charge in [-0.2, -0.15) is 0 Å². The first-order valence-electron chi connectivity index (χ1n) is 8.08. The van der Waals surface area contributed by atoms with Gasteiger partial charge in [-0.25, -0.2) is 9.59 Å². The molecule has 4 aromatic rings. The van der Waals surface area contributed by atoms with Crippen molar-refractivity contribution in [1.82, 2.24) is 0 Å². The van der Waals surface area contributed by atoms with Gasteiger partial charge in [0.1, 0.15) is 0 Å². The molecule has 0 aliphatic carbocycles. The molecule has 0 atom stereocenters. The second kappa shape index (κ2) is 6.01. The number of benzene rings is 4. The molecule has 0 aromatic heterocycles. The average molecular weight is 342 g/mol. The predicted octanol–water partition coefficient (Wildman–Crippen LogP) is 5.06. The van der Waals surface area contributed by atoms with Gasteiger partial charge in [0.25, 0.3) is 0 Å². The molecule has 0 heterocycles. The Morgan fingerprint density at radius 3 is 1.96 bits per heavy atom. The van der Waals surface area contributed by atoms with Crippen molar-refractivity contribution in [3.05, 3.63) is 83.9 Å². The van der Waals surface area contributed by atoms with E-state index < -0.39 is 11.9 Å². The fourth-order valence-electron chi connectivity index (χ4n) is 3.46. The number of hydrogen-bond donors (Lipinski definition) is 2. The molecule has 126 valence electrons. The van der Waals surface area contributed by atoms with Crippen LogP contribution in [0.2, 0.25) is 0 Å². The molecule has 2 N–H and O–H groups in total. The van der Waals surface area contributed by atoms with Crippen LogP contribution in [0.25, 0.3) is 32.7 Å². The van der Waals surface area contributed by atoms with Crippen LogP contribution >= 0.6 is 0 Å². The van der Waals surface area contributed by atoms with Gasteiger partial charge in [0.05, 0.1) is 11.1 Å². The lowest BCUT2D eigenvalue weighted by Gasteiger charge is -2.15. The summed E-state index contributed by atoms with van der Waals surface area (Å²) >= 11 is 0. The topological polar surface area (TPSA) is 74.6 Å². The number of carbonyl (C=O) groups is 2. The van der Waals surface area contributed by atoms with E-state index in [1.165, 1.54) is 6.07 Å². The Labute approximate surface area is 148 Å². The first kappa shape index (κ1) is 15.8. The average Bonchev–Trinajstić information content (AvgIpc) is 2.65. The van der Waals surface area contributed by atoms with Gasteiger partial charge in [0.15, 0.2) is 0 Å². The summed E-state index contributed by atoms with van der Waals surface area (Å²) in [5, 5.41) is 22.7. The van der Waals surface area contributed by atoms with Gasteiger partial charge >= 0.3 is 11.9 Å². The Morgan fingerprint density at radius 2 is 1.27 bits per heavy atom. The second-order valence-electron chi connectivity index (χ2n) is 6.03. The van der Waals surface area contributed by atoms with Crippen molar-refractivity contribution < 1.29 is 19.8 Å². The van der Waals surface area contributed by atoms with Crippen LogP contribution in [0.15, 0.2) is 72.8 Å². The summed E-state index contributed by atoms with van der Waals surface area (Å²) in [5.41, 5.74) is 0.747. The van der Waals surface area contributed by atoms with Crippen LogP contribution < -0.4 is 0 Å². The lowest BCUT2D eigenvalue weighted by Crippen LogP contribution is -2.10. The molecule has 4 aromatic carbocycles. The minimum atomic E-state index is -1.25. The molecule has 0 fully saturated rings. The van der Waals surface area contributed by atoms with Crippen LogP contribution in [0.5, 0.6) is 0 Å².